The lowest BCUT2D eigenvalue weighted by Crippen LogP contribution is -2.09. The van der Waals surface area contributed by atoms with E-state index in [0.717, 1.165) is 6.20 Å². The predicted molar refractivity (Wildman–Crippen MR) is 98.9 cm³/mol. The van der Waals surface area contributed by atoms with Crippen molar-refractivity contribution in [2.45, 2.75) is 21.4 Å². The van der Waals surface area contributed by atoms with Crippen LogP contribution in [0.4, 0.5) is 0 Å². The number of hydrogen-bond donors (Lipinski definition) is 0. The van der Waals surface area contributed by atoms with E-state index >= 15 is 0 Å². The first-order valence-electron chi connectivity index (χ1n) is 7.86. The lowest BCUT2D eigenvalue weighted by atomic mass is 10.2. The van der Waals surface area contributed by atoms with Crippen LogP contribution in [0.25, 0.3) is 0 Å². The number of hydrogen-bond acceptors (Lipinski definition) is 5. The van der Waals surface area contributed by atoms with Crippen molar-refractivity contribution in [3.63, 3.8) is 0 Å². The standard InChI is InChI=1S/C19H17NO4S2/c21-25(22,14-16-7-3-1-4-8-16)18-11-12-19(20-13-18)26(23,24)15-17-9-5-2-6-10-17/h1-13H,14-15H2. The molecule has 0 fully saturated rings. The highest BCUT2D eigenvalue weighted by Crippen LogP contribution is 2.19. The zero-order chi connectivity index (χ0) is 18.6. The number of aromatic nitrogens is 1. The van der Waals surface area contributed by atoms with Gasteiger partial charge in [-0.25, -0.2) is 21.8 Å². The second-order valence-electron chi connectivity index (χ2n) is 5.82. The summed E-state index contributed by atoms with van der Waals surface area (Å²) >= 11 is 0. The molecule has 3 aromatic rings. The first-order valence-corrected chi connectivity index (χ1v) is 11.2. The van der Waals surface area contributed by atoms with Gasteiger partial charge in [-0.3, -0.25) is 0 Å². The highest BCUT2D eigenvalue weighted by molar-refractivity contribution is 7.91. The molecule has 1 heterocycles. The highest BCUT2D eigenvalue weighted by Gasteiger charge is 2.20. The molecule has 0 spiro atoms. The summed E-state index contributed by atoms with van der Waals surface area (Å²) in [5, 5.41) is -0.139. The molecule has 0 aliphatic carbocycles. The summed E-state index contributed by atoms with van der Waals surface area (Å²) in [6, 6.07) is 20.1. The van der Waals surface area contributed by atoms with Gasteiger partial charge in [-0.05, 0) is 23.3 Å². The molecule has 7 heteroatoms. The number of sulfone groups is 2. The van der Waals surface area contributed by atoms with Crippen LogP contribution in [-0.2, 0) is 31.2 Å². The van der Waals surface area contributed by atoms with Gasteiger partial charge in [0.1, 0.15) is 0 Å². The minimum Gasteiger partial charge on any atom is -0.243 e. The van der Waals surface area contributed by atoms with E-state index in [-0.39, 0.29) is 21.4 Å². The molecule has 1 aromatic heterocycles. The molecule has 0 saturated heterocycles. The Bertz CT molecular complexity index is 987. The van der Waals surface area contributed by atoms with Crippen molar-refractivity contribution >= 4 is 19.7 Å². The van der Waals surface area contributed by atoms with Gasteiger partial charge in [-0.2, -0.15) is 0 Å². The van der Waals surface area contributed by atoms with Crippen LogP contribution in [0.2, 0.25) is 0 Å². The van der Waals surface area contributed by atoms with Gasteiger partial charge in [0.2, 0.25) is 0 Å². The quantitative estimate of drug-likeness (QED) is 0.649. The van der Waals surface area contributed by atoms with Crippen LogP contribution in [0.5, 0.6) is 0 Å². The first kappa shape index (κ1) is 18.3. The minimum absolute atomic E-state index is 0.0000131. The topological polar surface area (TPSA) is 81.2 Å². The molecular weight excluding hydrogens is 370 g/mol. The molecular formula is C19H17NO4S2. The van der Waals surface area contributed by atoms with E-state index < -0.39 is 19.7 Å². The molecule has 0 atom stereocenters. The van der Waals surface area contributed by atoms with E-state index in [4.69, 9.17) is 0 Å². The highest BCUT2D eigenvalue weighted by atomic mass is 32.2. The number of nitrogens with zero attached hydrogens (tertiary/aromatic N) is 1. The number of rotatable bonds is 6. The smallest absolute Gasteiger partial charge is 0.199 e. The van der Waals surface area contributed by atoms with Gasteiger partial charge in [0, 0.05) is 6.20 Å². The second-order valence-corrected chi connectivity index (χ2v) is 9.75. The van der Waals surface area contributed by atoms with Gasteiger partial charge in [0.25, 0.3) is 0 Å². The average molecular weight is 387 g/mol. The number of pyridine rings is 1. The Kier molecular flexibility index (Phi) is 5.20. The molecule has 134 valence electrons. The van der Waals surface area contributed by atoms with E-state index in [1.165, 1.54) is 12.1 Å². The van der Waals surface area contributed by atoms with Gasteiger partial charge in [-0.15, -0.1) is 0 Å². The van der Waals surface area contributed by atoms with Gasteiger partial charge in [-0.1, -0.05) is 60.7 Å². The summed E-state index contributed by atoms with van der Waals surface area (Å²) < 4.78 is 49.8. The van der Waals surface area contributed by atoms with Gasteiger partial charge >= 0.3 is 0 Å². The van der Waals surface area contributed by atoms with E-state index in [1.54, 1.807) is 54.6 Å². The Balaban J connectivity index is 1.81. The summed E-state index contributed by atoms with van der Waals surface area (Å²) in [5.41, 5.74) is 1.31. The van der Waals surface area contributed by atoms with E-state index in [1.807, 2.05) is 6.07 Å². The predicted octanol–water partition coefficient (Wildman–Crippen LogP) is 3.03. The van der Waals surface area contributed by atoms with Crippen LogP contribution in [0.15, 0.2) is 88.9 Å². The molecule has 0 unspecified atom stereocenters. The van der Waals surface area contributed by atoms with E-state index in [2.05, 4.69) is 4.98 Å². The summed E-state index contributed by atoms with van der Waals surface area (Å²) in [5.74, 6) is -0.345. The molecule has 5 nitrogen and oxygen atoms in total. The Morgan fingerprint density at radius 3 is 1.58 bits per heavy atom. The summed E-state index contributed by atoms with van der Waals surface area (Å²) in [7, 11) is -7.23. The largest absolute Gasteiger partial charge is 0.243 e. The maximum atomic E-state index is 12.5. The molecule has 0 bridgehead atoms. The number of benzene rings is 2. The molecule has 0 amide bonds. The molecule has 3 rings (SSSR count). The summed E-state index contributed by atoms with van der Waals surface area (Å²) in [4.78, 5) is 3.89. The molecule has 0 radical (unpaired) electrons. The fraction of sp³-hybridized carbons (Fsp3) is 0.105. The van der Waals surface area contributed by atoms with E-state index in [9.17, 15) is 16.8 Å². The second kappa shape index (κ2) is 7.39. The molecule has 0 aliphatic heterocycles. The molecule has 0 saturated carbocycles. The normalized spacial score (nSPS) is 12.0. The maximum Gasteiger partial charge on any atom is 0.199 e. The van der Waals surface area contributed by atoms with Crippen molar-refractivity contribution in [2.24, 2.45) is 0 Å². The lowest BCUT2D eigenvalue weighted by Gasteiger charge is -2.07. The maximum absolute atomic E-state index is 12.5. The zero-order valence-electron chi connectivity index (χ0n) is 13.8. The van der Waals surface area contributed by atoms with Gasteiger partial charge in [0.15, 0.2) is 24.7 Å². The SMILES string of the molecule is O=S(=O)(Cc1ccccc1)c1ccc(S(=O)(=O)Cc2ccccc2)nc1. The van der Waals surface area contributed by atoms with Crippen LogP contribution in [0.3, 0.4) is 0 Å². The van der Waals surface area contributed by atoms with Crippen LogP contribution in [0.1, 0.15) is 11.1 Å². The molecule has 0 N–H and O–H groups in total. The monoisotopic (exact) mass is 387 g/mol. The third kappa shape index (κ3) is 4.36. The average Bonchev–Trinajstić information content (AvgIpc) is 2.63. The van der Waals surface area contributed by atoms with Crippen molar-refractivity contribution in [1.29, 1.82) is 0 Å². The Morgan fingerprint density at radius 2 is 1.12 bits per heavy atom. The minimum atomic E-state index is -3.64. The first-order chi connectivity index (χ1) is 12.4. The fourth-order valence-corrected chi connectivity index (χ4v) is 5.03. The van der Waals surface area contributed by atoms with Crippen molar-refractivity contribution in [2.75, 3.05) is 0 Å². The van der Waals surface area contributed by atoms with Crippen molar-refractivity contribution in [3.8, 4) is 0 Å². The summed E-state index contributed by atoms with van der Waals surface area (Å²) in [6.07, 6.45) is 1.11. The lowest BCUT2D eigenvalue weighted by molar-refractivity contribution is 0.587. The Hall–Kier alpha value is -2.51. The van der Waals surface area contributed by atoms with Crippen LogP contribution >= 0.6 is 0 Å². The van der Waals surface area contributed by atoms with Crippen molar-refractivity contribution in [3.05, 3.63) is 90.1 Å². The van der Waals surface area contributed by atoms with Crippen LogP contribution in [0, 0.1) is 0 Å². The molecule has 0 aliphatic rings. The van der Waals surface area contributed by atoms with Crippen molar-refractivity contribution < 1.29 is 16.8 Å². The Labute approximate surface area is 153 Å². The fourth-order valence-electron chi connectivity index (χ4n) is 2.48. The Morgan fingerprint density at radius 1 is 0.615 bits per heavy atom. The summed E-state index contributed by atoms with van der Waals surface area (Å²) in [6.45, 7) is 0. The van der Waals surface area contributed by atoms with Crippen molar-refractivity contribution in [1.82, 2.24) is 4.98 Å². The third-order valence-electron chi connectivity index (χ3n) is 3.79. The van der Waals surface area contributed by atoms with Crippen LogP contribution in [-0.4, -0.2) is 21.8 Å². The molecule has 2 aromatic carbocycles. The molecule has 26 heavy (non-hydrogen) atoms. The van der Waals surface area contributed by atoms with E-state index in [0.29, 0.717) is 11.1 Å². The van der Waals surface area contributed by atoms with Gasteiger partial charge < -0.3 is 0 Å². The van der Waals surface area contributed by atoms with Gasteiger partial charge in [0.05, 0.1) is 16.4 Å². The zero-order valence-corrected chi connectivity index (χ0v) is 15.4. The third-order valence-corrected chi connectivity index (χ3v) is 7.05. The van der Waals surface area contributed by atoms with Crippen LogP contribution < -0.4 is 0 Å².